The van der Waals surface area contributed by atoms with Crippen molar-refractivity contribution < 1.29 is 29.3 Å². The van der Waals surface area contributed by atoms with Gasteiger partial charge in [-0.1, -0.05) is 47.1 Å². The molecule has 10 heteroatoms. The predicted molar refractivity (Wildman–Crippen MR) is 125 cm³/mol. The van der Waals surface area contributed by atoms with Crippen molar-refractivity contribution in [2.75, 3.05) is 13.7 Å². The third-order valence-corrected chi connectivity index (χ3v) is 5.88. The highest BCUT2D eigenvalue weighted by Crippen LogP contribution is 2.41. The molecule has 1 aliphatic rings. The van der Waals surface area contributed by atoms with E-state index in [2.05, 4.69) is 4.99 Å². The molecule has 0 aromatic heterocycles. The van der Waals surface area contributed by atoms with Crippen molar-refractivity contribution in [2.24, 2.45) is 4.99 Å². The third-order valence-electron chi connectivity index (χ3n) is 4.25. The molecule has 2 aromatic rings. The molecule has 1 amide bonds. The molecule has 3 rings (SSSR count). The third kappa shape index (κ3) is 4.93. The number of aromatic hydroxyl groups is 1. The summed E-state index contributed by atoms with van der Waals surface area (Å²) in [4.78, 5) is 29.4. The summed E-state index contributed by atoms with van der Waals surface area (Å²) in [5.41, 5.74) is 0.387. The van der Waals surface area contributed by atoms with Crippen LogP contribution in [0, 0.1) is 0 Å². The number of carbonyl (C=O) groups excluding carboxylic acids is 2. The van der Waals surface area contributed by atoms with E-state index >= 15 is 0 Å². The predicted octanol–water partition coefficient (Wildman–Crippen LogP) is 5.41. The number of hydrogen-bond donors (Lipinski definition) is 2. The van der Waals surface area contributed by atoms with Crippen LogP contribution >= 0.6 is 35.0 Å². The highest BCUT2D eigenvalue weighted by Gasteiger charge is 2.34. The van der Waals surface area contributed by atoms with Gasteiger partial charge in [-0.3, -0.25) is 4.79 Å². The summed E-state index contributed by atoms with van der Waals surface area (Å²) in [5, 5.41) is 20.8. The molecule has 2 aromatic carbocycles. The van der Waals surface area contributed by atoms with Crippen molar-refractivity contribution in [1.29, 1.82) is 0 Å². The fraction of sp³-hybridized carbons (Fsp3) is 0.136. The smallest absolute Gasteiger partial charge is 0.344 e. The lowest BCUT2D eigenvalue weighted by Crippen LogP contribution is -2.14. The Labute approximate surface area is 198 Å². The molecule has 0 radical (unpaired) electrons. The monoisotopic (exact) mass is 493 g/mol. The average Bonchev–Trinajstić information content (AvgIpc) is 3.05. The largest absolute Gasteiger partial charge is 0.506 e. The van der Waals surface area contributed by atoms with Crippen molar-refractivity contribution in [1.82, 2.24) is 0 Å². The fourth-order valence-electron chi connectivity index (χ4n) is 2.76. The number of benzene rings is 2. The number of carbonyl (C=O) groups is 2. The van der Waals surface area contributed by atoms with E-state index in [0.29, 0.717) is 5.56 Å². The first-order valence-electron chi connectivity index (χ1n) is 9.21. The molecule has 0 saturated heterocycles. The van der Waals surface area contributed by atoms with Crippen molar-refractivity contribution >= 4 is 58.0 Å². The number of halogens is 2. The Morgan fingerprint density at radius 1 is 1.16 bits per heavy atom. The van der Waals surface area contributed by atoms with Crippen LogP contribution in [0.1, 0.15) is 22.8 Å². The van der Waals surface area contributed by atoms with Gasteiger partial charge in [0.1, 0.15) is 16.4 Å². The van der Waals surface area contributed by atoms with Gasteiger partial charge < -0.3 is 19.7 Å². The zero-order valence-electron chi connectivity index (χ0n) is 16.9. The topological polar surface area (TPSA) is 105 Å². The van der Waals surface area contributed by atoms with E-state index in [4.69, 9.17) is 32.7 Å². The number of amides is 1. The number of phenols is 1. The van der Waals surface area contributed by atoms with E-state index in [1.54, 1.807) is 25.1 Å². The summed E-state index contributed by atoms with van der Waals surface area (Å²) >= 11 is 13.0. The number of phenolic OH excluding ortho intramolecular Hbond substituents is 1. The Morgan fingerprint density at radius 3 is 2.53 bits per heavy atom. The van der Waals surface area contributed by atoms with Crippen LogP contribution in [0.4, 0.5) is 0 Å². The van der Waals surface area contributed by atoms with E-state index in [-0.39, 0.29) is 49.2 Å². The summed E-state index contributed by atoms with van der Waals surface area (Å²) in [6.45, 7) is 1.68. The number of esters is 1. The first-order chi connectivity index (χ1) is 15.3. The molecular formula is C22H17Cl2NO6S. The Balaban J connectivity index is 2.07. The second-order valence-corrected chi connectivity index (χ2v) is 8.16. The Bertz CT molecular complexity index is 1190. The molecule has 0 saturated carbocycles. The van der Waals surface area contributed by atoms with E-state index in [9.17, 15) is 19.8 Å². The van der Waals surface area contributed by atoms with Crippen LogP contribution in [0.5, 0.6) is 11.5 Å². The van der Waals surface area contributed by atoms with Gasteiger partial charge >= 0.3 is 5.97 Å². The lowest BCUT2D eigenvalue weighted by molar-refractivity contribution is -0.138. The second kappa shape index (κ2) is 10.1. The van der Waals surface area contributed by atoms with E-state index in [0.717, 1.165) is 11.8 Å². The van der Waals surface area contributed by atoms with Crippen LogP contribution in [-0.2, 0) is 9.53 Å². The van der Waals surface area contributed by atoms with Gasteiger partial charge in [0.05, 0.1) is 34.2 Å². The summed E-state index contributed by atoms with van der Waals surface area (Å²) in [5.74, 6) is -2.00. The molecule has 7 nitrogen and oxygen atoms in total. The van der Waals surface area contributed by atoms with Crippen molar-refractivity contribution in [3.05, 3.63) is 73.8 Å². The highest BCUT2D eigenvalue weighted by atomic mass is 35.5. The van der Waals surface area contributed by atoms with Gasteiger partial charge in [0.15, 0.2) is 11.5 Å². The number of thioether (sulfide) groups is 1. The summed E-state index contributed by atoms with van der Waals surface area (Å²) < 4.78 is 10.1. The Morgan fingerprint density at radius 2 is 1.88 bits per heavy atom. The molecule has 1 heterocycles. The van der Waals surface area contributed by atoms with Crippen LogP contribution in [0.2, 0.25) is 10.0 Å². The highest BCUT2D eigenvalue weighted by molar-refractivity contribution is 8.18. The number of aliphatic hydroxyl groups excluding tert-OH is 1. The first-order valence-corrected chi connectivity index (χ1v) is 10.8. The van der Waals surface area contributed by atoms with Crippen LogP contribution < -0.4 is 4.74 Å². The van der Waals surface area contributed by atoms with Gasteiger partial charge in [-0.05, 0) is 42.8 Å². The number of hydrogen-bond acceptors (Lipinski definition) is 7. The maximum absolute atomic E-state index is 12.7. The van der Waals surface area contributed by atoms with Crippen LogP contribution in [-0.4, -0.2) is 40.8 Å². The lowest BCUT2D eigenvalue weighted by atomic mass is 10.1. The second-order valence-electron chi connectivity index (χ2n) is 6.31. The summed E-state index contributed by atoms with van der Waals surface area (Å²) in [6, 6.07) is 9.30. The van der Waals surface area contributed by atoms with Crippen molar-refractivity contribution in [3.8, 4) is 11.5 Å². The first kappa shape index (κ1) is 23.7. The van der Waals surface area contributed by atoms with Gasteiger partial charge in [0.25, 0.3) is 5.91 Å². The number of aliphatic hydroxyl groups is 1. The SMILES string of the molecule is CCOC(=O)C1=C(O)/C(=C/c2cc(Cl)c(O)c(OC)c2)SC1=NC(=O)c1ccccc1Cl. The normalized spacial score (nSPS) is 16.0. The van der Waals surface area contributed by atoms with Crippen LogP contribution in [0.25, 0.3) is 6.08 Å². The zero-order chi connectivity index (χ0) is 23.4. The number of nitrogens with zero attached hydrogens (tertiary/aromatic N) is 1. The molecule has 166 valence electrons. The minimum atomic E-state index is -0.826. The molecule has 1 aliphatic heterocycles. The number of aliphatic imine (C=N–C) groups is 1. The van der Waals surface area contributed by atoms with Crippen molar-refractivity contribution in [3.63, 3.8) is 0 Å². The molecule has 0 aliphatic carbocycles. The van der Waals surface area contributed by atoms with E-state index in [1.807, 2.05) is 0 Å². The van der Waals surface area contributed by atoms with E-state index in [1.165, 1.54) is 31.4 Å². The Hall–Kier alpha value is -2.94. The van der Waals surface area contributed by atoms with Gasteiger partial charge in [0.2, 0.25) is 0 Å². The molecule has 2 N–H and O–H groups in total. The number of rotatable bonds is 5. The molecule has 32 heavy (non-hydrogen) atoms. The quantitative estimate of drug-likeness (QED) is 0.536. The summed E-state index contributed by atoms with van der Waals surface area (Å²) in [7, 11) is 1.37. The van der Waals surface area contributed by atoms with Gasteiger partial charge in [0, 0.05) is 0 Å². The standard InChI is InChI=1S/C22H17Cl2NO6S/c1-3-31-22(29)17-19(27)16(10-11-8-14(24)18(26)15(9-11)30-2)32-21(17)25-20(28)12-6-4-5-7-13(12)23/h4-10,26-27H,3H2,1-2H3/b16-10-,25-21?. The lowest BCUT2D eigenvalue weighted by Gasteiger charge is -2.07. The maximum atomic E-state index is 12.7. The molecule has 0 unspecified atom stereocenters. The van der Waals surface area contributed by atoms with Crippen LogP contribution in [0.15, 0.2) is 57.6 Å². The average molecular weight is 494 g/mol. The van der Waals surface area contributed by atoms with E-state index < -0.39 is 17.6 Å². The van der Waals surface area contributed by atoms with Gasteiger partial charge in [-0.25, -0.2) is 9.79 Å². The number of methoxy groups -OCH3 is 1. The molecule has 0 fully saturated rings. The van der Waals surface area contributed by atoms with Gasteiger partial charge in [-0.15, -0.1) is 0 Å². The molecule has 0 spiro atoms. The van der Waals surface area contributed by atoms with Crippen LogP contribution in [0.3, 0.4) is 0 Å². The molecule has 0 atom stereocenters. The number of ether oxygens (including phenoxy) is 2. The van der Waals surface area contributed by atoms with Crippen molar-refractivity contribution in [2.45, 2.75) is 6.92 Å². The maximum Gasteiger partial charge on any atom is 0.344 e. The molecular weight excluding hydrogens is 477 g/mol. The zero-order valence-corrected chi connectivity index (χ0v) is 19.2. The minimum absolute atomic E-state index is 0.0334. The fourth-order valence-corrected chi connectivity index (χ4v) is 4.21. The molecule has 0 bridgehead atoms. The minimum Gasteiger partial charge on any atom is -0.506 e. The Kier molecular flexibility index (Phi) is 7.50. The van der Waals surface area contributed by atoms with Gasteiger partial charge in [-0.2, -0.15) is 0 Å². The summed E-state index contributed by atoms with van der Waals surface area (Å²) in [6.07, 6.45) is 1.51.